The standard InChI is InChI=1S/C25H29Cl2F4N5O2S2/c1-5-14(4)21(38-18-7-6-16(19(26)20(18)27)36-40(37)23(28)29)22(39-13(2)3)17-8-9-33-24(35-17)34-15-10-25(30,31)12-32-11-15/h6-9,14-15,23,32,36H,2,5,10-12H2,1,3-4H3,(H,33,34,35)/b22-21+. The first-order valence-corrected chi connectivity index (χ1v) is 15.0. The van der Waals surface area contributed by atoms with Gasteiger partial charge in [0.15, 0.2) is 11.0 Å². The van der Waals surface area contributed by atoms with Gasteiger partial charge in [-0.25, -0.2) is 23.0 Å². The molecule has 1 aliphatic heterocycles. The van der Waals surface area contributed by atoms with Gasteiger partial charge in [0.1, 0.15) is 16.5 Å². The van der Waals surface area contributed by atoms with Crippen LogP contribution >= 0.6 is 35.0 Å². The summed E-state index contributed by atoms with van der Waals surface area (Å²) in [5.41, 5.74) is 0.418. The lowest BCUT2D eigenvalue weighted by Gasteiger charge is -2.30. The van der Waals surface area contributed by atoms with Gasteiger partial charge in [-0.1, -0.05) is 55.4 Å². The van der Waals surface area contributed by atoms with Crippen molar-refractivity contribution in [1.82, 2.24) is 15.3 Å². The van der Waals surface area contributed by atoms with Crippen molar-refractivity contribution in [3.8, 4) is 5.75 Å². The van der Waals surface area contributed by atoms with E-state index in [2.05, 4.69) is 31.9 Å². The van der Waals surface area contributed by atoms with E-state index >= 15 is 0 Å². The third-order valence-corrected chi connectivity index (χ3v) is 8.31. The van der Waals surface area contributed by atoms with Crippen molar-refractivity contribution in [3.63, 3.8) is 0 Å². The van der Waals surface area contributed by atoms with Gasteiger partial charge < -0.3 is 15.4 Å². The van der Waals surface area contributed by atoms with Crippen LogP contribution in [0.2, 0.25) is 10.0 Å². The summed E-state index contributed by atoms with van der Waals surface area (Å²) in [6.45, 7) is 9.65. The maximum Gasteiger partial charge on any atom is 0.330 e. The van der Waals surface area contributed by atoms with Crippen LogP contribution in [0.25, 0.3) is 4.91 Å². The first kappa shape index (κ1) is 32.5. The van der Waals surface area contributed by atoms with Crippen LogP contribution in [0.5, 0.6) is 5.75 Å². The first-order valence-electron chi connectivity index (χ1n) is 12.2. The van der Waals surface area contributed by atoms with Crippen molar-refractivity contribution >= 4 is 62.5 Å². The van der Waals surface area contributed by atoms with Crippen molar-refractivity contribution in [1.29, 1.82) is 0 Å². The minimum Gasteiger partial charge on any atom is -0.459 e. The van der Waals surface area contributed by atoms with Gasteiger partial charge in [0.25, 0.3) is 5.92 Å². The number of aromatic nitrogens is 2. The lowest BCUT2D eigenvalue weighted by Crippen LogP contribution is -2.49. The SMILES string of the molecule is C=C(C)S/C(=C(/Oc1ccc(NS(=O)C(F)F)c(Cl)c1Cl)C(C)CC)c1ccnc(NC2CNCC(F)(F)C2)n1. The van der Waals surface area contributed by atoms with Crippen LogP contribution in [0.4, 0.5) is 29.2 Å². The molecule has 3 unspecified atom stereocenters. The normalized spacial score (nSPS) is 19.0. The summed E-state index contributed by atoms with van der Waals surface area (Å²) in [7, 11) is -2.67. The van der Waals surface area contributed by atoms with Gasteiger partial charge in [-0.2, -0.15) is 8.78 Å². The molecular formula is C25H29Cl2F4N5O2S2. The molecule has 15 heteroatoms. The van der Waals surface area contributed by atoms with Crippen LogP contribution < -0.4 is 20.1 Å². The lowest BCUT2D eigenvalue weighted by atomic mass is 10.0. The molecule has 1 saturated heterocycles. The Bertz CT molecular complexity index is 1290. The Morgan fingerprint density at radius 3 is 2.67 bits per heavy atom. The number of alkyl halides is 4. The summed E-state index contributed by atoms with van der Waals surface area (Å²) in [4.78, 5) is 10.1. The maximum atomic E-state index is 13.9. The van der Waals surface area contributed by atoms with Gasteiger partial charge in [0, 0.05) is 31.1 Å². The van der Waals surface area contributed by atoms with Crippen LogP contribution in [-0.4, -0.2) is 45.0 Å². The molecule has 7 nitrogen and oxygen atoms in total. The van der Waals surface area contributed by atoms with E-state index in [4.69, 9.17) is 27.9 Å². The van der Waals surface area contributed by atoms with Crippen molar-refractivity contribution in [2.45, 2.75) is 51.3 Å². The van der Waals surface area contributed by atoms with Gasteiger partial charge >= 0.3 is 5.76 Å². The Kier molecular flexibility index (Phi) is 11.5. The Morgan fingerprint density at radius 2 is 2.05 bits per heavy atom. The second-order valence-corrected chi connectivity index (χ2v) is 12.3. The number of anilines is 2. The van der Waals surface area contributed by atoms with Gasteiger partial charge in [0.2, 0.25) is 5.95 Å². The largest absolute Gasteiger partial charge is 0.459 e. The van der Waals surface area contributed by atoms with Crippen LogP contribution in [0.1, 0.15) is 39.3 Å². The number of halogens is 6. The molecule has 0 bridgehead atoms. The van der Waals surface area contributed by atoms with Gasteiger partial charge in [-0.05, 0) is 36.4 Å². The fourth-order valence-corrected chi connectivity index (χ4v) is 5.54. The lowest BCUT2D eigenvalue weighted by molar-refractivity contribution is -0.0244. The number of rotatable bonds is 12. The predicted octanol–water partition coefficient (Wildman–Crippen LogP) is 7.55. The summed E-state index contributed by atoms with van der Waals surface area (Å²) in [6.07, 6.45) is 1.82. The molecule has 1 aliphatic rings. The number of hydrogen-bond acceptors (Lipinski definition) is 7. The Labute approximate surface area is 247 Å². The highest BCUT2D eigenvalue weighted by molar-refractivity contribution is 8.11. The van der Waals surface area contributed by atoms with E-state index in [1.807, 2.05) is 20.8 Å². The third kappa shape index (κ3) is 8.72. The highest BCUT2D eigenvalue weighted by atomic mass is 35.5. The molecule has 2 heterocycles. The number of nitrogens with zero attached hydrogens (tertiary/aromatic N) is 2. The molecule has 220 valence electrons. The van der Waals surface area contributed by atoms with E-state index in [1.165, 1.54) is 30.1 Å². The number of thioether (sulfide) groups is 1. The molecule has 0 saturated carbocycles. The summed E-state index contributed by atoms with van der Waals surface area (Å²) >= 11 is 14.0. The summed E-state index contributed by atoms with van der Waals surface area (Å²) in [5.74, 6) is -5.33. The Morgan fingerprint density at radius 1 is 1.32 bits per heavy atom. The summed E-state index contributed by atoms with van der Waals surface area (Å²) in [5, 5.41) is 5.47. The molecule has 3 rings (SSSR count). The van der Waals surface area contributed by atoms with Crippen LogP contribution in [-0.2, 0) is 11.0 Å². The summed E-state index contributed by atoms with van der Waals surface area (Å²) in [6, 6.07) is 3.85. The molecule has 0 amide bonds. The molecule has 0 aliphatic carbocycles. The zero-order chi connectivity index (χ0) is 29.6. The van der Waals surface area contributed by atoms with Crippen molar-refractivity contribution in [2.75, 3.05) is 23.1 Å². The fourth-order valence-electron chi connectivity index (χ4n) is 3.69. The Balaban J connectivity index is 2.01. The molecule has 3 N–H and O–H groups in total. The number of allylic oxidation sites excluding steroid dienone is 2. The van der Waals surface area contributed by atoms with E-state index in [0.717, 1.165) is 4.91 Å². The number of piperidine rings is 1. The average Bonchev–Trinajstić information content (AvgIpc) is 2.88. The second-order valence-electron chi connectivity index (χ2n) is 9.11. The molecule has 0 spiro atoms. The first-order chi connectivity index (χ1) is 18.8. The predicted molar refractivity (Wildman–Crippen MR) is 156 cm³/mol. The van der Waals surface area contributed by atoms with Crippen molar-refractivity contribution in [2.24, 2.45) is 5.92 Å². The topological polar surface area (TPSA) is 88.2 Å². The van der Waals surface area contributed by atoms with E-state index < -0.39 is 28.7 Å². The van der Waals surface area contributed by atoms with Crippen LogP contribution in [0.15, 0.2) is 41.6 Å². The molecule has 3 atom stereocenters. The third-order valence-electron chi connectivity index (χ3n) is 5.74. The van der Waals surface area contributed by atoms with Crippen molar-refractivity contribution in [3.05, 3.63) is 57.4 Å². The number of nitrogens with one attached hydrogen (secondary N) is 3. The number of ether oxygens (including phenoxy) is 1. The average molecular weight is 643 g/mol. The molecule has 40 heavy (non-hydrogen) atoms. The zero-order valence-corrected chi connectivity index (χ0v) is 25.0. The number of hydrogen-bond donors (Lipinski definition) is 3. The maximum absolute atomic E-state index is 13.9. The minimum atomic E-state index is -3.12. The molecule has 1 aromatic carbocycles. The molecule has 1 aromatic heterocycles. The van der Waals surface area contributed by atoms with Crippen molar-refractivity contribution < 1.29 is 26.5 Å². The van der Waals surface area contributed by atoms with E-state index in [0.29, 0.717) is 29.3 Å². The Hall–Kier alpha value is -2.06. The van der Waals surface area contributed by atoms with Crippen LogP contribution in [0.3, 0.4) is 0 Å². The van der Waals surface area contributed by atoms with E-state index in [1.54, 1.807) is 6.07 Å². The van der Waals surface area contributed by atoms with Gasteiger partial charge in [-0.3, -0.25) is 4.72 Å². The monoisotopic (exact) mass is 641 g/mol. The molecule has 2 aromatic rings. The van der Waals surface area contributed by atoms with Gasteiger partial charge in [0.05, 0.1) is 27.9 Å². The molecule has 1 fully saturated rings. The highest BCUT2D eigenvalue weighted by Crippen LogP contribution is 2.43. The minimum absolute atomic E-state index is 0.0439. The van der Waals surface area contributed by atoms with Gasteiger partial charge in [-0.15, -0.1) is 0 Å². The van der Waals surface area contributed by atoms with Crippen LogP contribution in [0, 0.1) is 5.92 Å². The quantitative estimate of drug-likeness (QED) is 0.163. The van der Waals surface area contributed by atoms with E-state index in [9.17, 15) is 21.8 Å². The second kappa shape index (κ2) is 14.2. The van der Waals surface area contributed by atoms with E-state index in [-0.39, 0.29) is 46.3 Å². The fraction of sp³-hybridized carbons (Fsp3) is 0.440. The summed E-state index contributed by atoms with van der Waals surface area (Å²) < 4.78 is 73.2. The zero-order valence-electron chi connectivity index (χ0n) is 21.9. The highest BCUT2D eigenvalue weighted by Gasteiger charge is 2.36. The smallest absolute Gasteiger partial charge is 0.330 e. The number of benzene rings is 1. The molecule has 0 radical (unpaired) electrons. The molecular weight excluding hydrogens is 613 g/mol.